The number of nitrogens with one attached hydrogen (secondary N) is 3. The summed E-state index contributed by atoms with van der Waals surface area (Å²) < 4.78 is 5.58. The van der Waals surface area contributed by atoms with Gasteiger partial charge in [0.25, 0.3) is 0 Å². The summed E-state index contributed by atoms with van der Waals surface area (Å²) in [6.07, 6.45) is 5.62. The van der Waals surface area contributed by atoms with Crippen molar-refractivity contribution in [2.45, 2.75) is 59.3 Å². The molecule has 0 aromatic heterocycles. The van der Waals surface area contributed by atoms with Gasteiger partial charge in [-0.05, 0) is 25.2 Å². The van der Waals surface area contributed by atoms with Gasteiger partial charge >= 0.3 is 0 Å². The first-order chi connectivity index (χ1) is 13.5. The molecule has 9 nitrogen and oxygen atoms in total. The lowest BCUT2D eigenvalue weighted by atomic mass is 10.1. The van der Waals surface area contributed by atoms with Gasteiger partial charge in [-0.2, -0.15) is 0 Å². The number of carbonyl (C=O) groups is 3. The highest BCUT2D eigenvalue weighted by molar-refractivity contribution is 5.83. The maximum absolute atomic E-state index is 11.7. The third kappa shape index (κ3) is 18.6. The molecule has 162 valence electrons. The predicted molar refractivity (Wildman–Crippen MR) is 108 cm³/mol. The van der Waals surface area contributed by atoms with Crippen LogP contribution in [0.25, 0.3) is 0 Å². The minimum absolute atomic E-state index is 0.0872. The summed E-state index contributed by atoms with van der Waals surface area (Å²) in [7, 11) is 0. The van der Waals surface area contributed by atoms with Gasteiger partial charge in [-0.15, -0.1) is 0 Å². The summed E-state index contributed by atoms with van der Waals surface area (Å²) in [4.78, 5) is 38.7. The number of hydrogen-bond donors (Lipinski definition) is 3. The number of ether oxygens (including phenoxy) is 1. The molecule has 28 heavy (non-hydrogen) atoms. The summed E-state index contributed by atoms with van der Waals surface area (Å²) in [5.74, 6) is 0.0121. The van der Waals surface area contributed by atoms with Crippen molar-refractivity contribution in [1.29, 1.82) is 0 Å². The summed E-state index contributed by atoms with van der Waals surface area (Å²) in [5.41, 5.74) is 0. The van der Waals surface area contributed by atoms with E-state index in [4.69, 9.17) is 9.57 Å². The lowest BCUT2D eigenvalue weighted by molar-refractivity contribution is -0.127. The largest absolute Gasteiger partial charge is 0.381 e. The van der Waals surface area contributed by atoms with Crippen LogP contribution in [0.3, 0.4) is 0 Å². The first kappa shape index (κ1) is 25.8. The fraction of sp³-hybridized carbons (Fsp3) is 0.789. The van der Waals surface area contributed by atoms with Crippen molar-refractivity contribution in [2.75, 3.05) is 33.0 Å². The van der Waals surface area contributed by atoms with Gasteiger partial charge in [0.15, 0.2) is 6.73 Å². The fourth-order valence-electron chi connectivity index (χ4n) is 1.97. The number of oxime groups is 1. The molecule has 0 aliphatic carbocycles. The van der Waals surface area contributed by atoms with Gasteiger partial charge in [0.05, 0.1) is 12.8 Å². The first-order valence-corrected chi connectivity index (χ1v) is 9.95. The Balaban J connectivity index is 3.46. The average Bonchev–Trinajstić information content (AvgIpc) is 2.67. The van der Waals surface area contributed by atoms with Crippen LogP contribution >= 0.6 is 0 Å². The first-order valence-electron chi connectivity index (χ1n) is 9.95. The second-order valence-corrected chi connectivity index (χ2v) is 6.60. The van der Waals surface area contributed by atoms with E-state index in [0.29, 0.717) is 12.5 Å². The maximum Gasteiger partial charge on any atom is 0.223 e. The van der Waals surface area contributed by atoms with Crippen molar-refractivity contribution in [3.63, 3.8) is 0 Å². The van der Waals surface area contributed by atoms with Crippen molar-refractivity contribution in [1.82, 2.24) is 16.0 Å². The van der Waals surface area contributed by atoms with Crippen LogP contribution in [0.2, 0.25) is 0 Å². The van der Waals surface area contributed by atoms with Gasteiger partial charge in [0.1, 0.15) is 0 Å². The van der Waals surface area contributed by atoms with Crippen LogP contribution < -0.4 is 16.0 Å². The average molecular weight is 401 g/mol. The molecule has 0 heterocycles. The zero-order valence-electron chi connectivity index (χ0n) is 17.4. The van der Waals surface area contributed by atoms with Crippen LogP contribution in [0.4, 0.5) is 0 Å². The van der Waals surface area contributed by atoms with E-state index >= 15 is 0 Å². The fourth-order valence-corrected chi connectivity index (χ4v) is 1.97. The van der Waals surface area contributed by atoms with E-state index in [0.717, 1.165) is 38.9 Å². The molecule has 0 aromatic carbocycles. The predicted octanol–water partition coefficient (Wildman–Crippen LogP) is 1.33. The van der Waals surface area contributed by atoms with Crippen molar-refractivity contribution in [3.8, 4) is 0 Å². The molecule has 0 radical (unpaired) electrons. The van der Waals surface area contributed by atoms with Crippen LogP contribution in [0.1, 0.15) is 59.3 Å². The third-order valence-electron chi connectivity index (χ3n) is 3.89. The van der Waals surface area contributed by atoms with Crippen LogP contribution in [-0.4, -0.2) is 57.0 Å². The number of carbonyl (C=O) groups excluding carboxylic acids is 3. The summed E-state index contributed by atoms with van der Waals surface area (Å²) >= 11 is 0. The number of unbranched alkanes of at least 4 members (excludes halogenated alkanes) is 2. The van der Waals surface area contributed by atoms with Gasteiger partial charge in [-0.1, -0.05) is 25.4 Å². The topological polar surface area (TPSA) is 118 Å². The maximum atomic E-state index is 11.7. The summed E-state index contributed by atoms with van der Waals surface area (Å²) in [5, 5.41) is 11.4. The van der Waals surface area contributed by atoms with Crippen molar-refractivity contribution in [3.05, 3.63) is 0 Å². The van der Waals surface area contributed by atoms with E-state index in [1.165, 1.54) is 13.1 Å². The lowest BCUT2D eigenvalue weighted by Gasteiger charge is -2.09. The minimum atomic E-state index is -0.286. The molecule has 0 fully saturated rings. The highest BCUT2D eigenvalue weighted by atomic mass is 16.6. The SMILES string of the molecule is CCC(C)COCCCCCNC(=O)CCC(=O)NCO/N=C/CNC(C)=O. The molecule has 0 aliphatic heterocycles. The molecule has 1 unspecified atom stereocenters. The van der Waals surface area contributed by atoms with Crippen LogP contribution in [-0.2, 0) is 24.0 Å². The number of hydrogen-bond acceptors (Lipinski definition) is 6. The van der Waals surface area contributed by atoms with Crippen molar-refractivity contribution >= 4 is 23.9 Å². The molecule has 0 saturated heterocycles. The molecule has 0 aliphatic rings. The molecule has 3 N–H and O–H groups in total. The van der Waals surface area contributed by atoms with Crippen molar-refractivity contribution in [2.24, 2.45) is 11.1 Å². The molecule has 0 saturated carbocycles. The monoisotopic (exact) mass is 400 g/mol. The number of nitrogens with zero attached hydrogens (tertiary/aromatic N) is 1. The zero-order valence-corrected chi connectivity index (χ0v) is 17.4. The molecule has 0 rings (SSSR count). The standard InChI is InChI=1S/C19H36N4O5/c1-4-16(2)14-27-13-7-5-6-10-21-18(25)8-9-19(26)22-15-28-23-12-11-20-17(3)24/h12,16H,4-11,13-15H2,1-3H3,(H,20,24)(H,21,25)(H,22,26)/b23-12+. The van der Waals surface area contributed by atoms with Gasteiger partial charge in [-0.3, -0.25) is 14.4 Å². The highest BCUT2D eigenvalue weighted by Gasteiger charge is 2.06. The molecule has 3 amide bonds. The Hall–Kier alpha value is -2.16. The van der Waals surface area contributed by atoms with Gasteiger partial charge in [-0.25, -0.2) is 0 Å². The summed E-state index contributed by atoms with van der Waals surface area (Å²) in [6.45, 7) is 8.08. The molecule has 1 atom stereocenters. The van der Waals surface area contributed by atoms with Gasteiger partial charge in [0.2, 0.25) is 17.7 Å². The van der Waals surface area contributed by atoms with E-state index in [1.807, 2.05) is 0 Å². The van der Waals surface area contributed by atoms with Gasteiger partial charge < -0.3 is 25.5 Å². The lowest BCUT2D eigenvalue weighted by Crippen LogP contribution is -2.29. The zero-order chi connectivity index (χ0) is 21.0. The number of rotatable bonds is 17. The van der Waals surface area contributed by atoms with Crippen LogP contribution in [0.5, 0.6) is 0 Å². The van der Waals surface area contributed by atoms with E-state index in [-0.39, 0.29) is 43.8 Å². The number of amides is 3. The molecular weight excluding hydrogens is 364 g/mol. The third-order valence-corrected chi connectivity index (χ3v) is 3.89. The van der Waals surface area contributed by atoms with Crippen LogP contribution in [0.15, 0.2) is 5.16 Å². The minimum Gasteiger partial charge on any atom is -0.381 e. The van der Waals surface area contributed by atoms with E-state index in [1.54, 1.807) is 0 Å². The Bertz CT molecular complexity index is 471. The Morgan fingerprint density at radius 2 is 1.75 bits per heavy atom. The Kier molecular flexibility index (Phi) is 16.8. The Morgan fingerprint density at radius 3 is 2.43 bits per heavy atom. The summed E-state index contributed by atoms with van der Waals surface area (Å²) in [6, 6.07) is 0. The van der Waals surface area contributed by atoms with Crippen LogP contribution in [0, 0.1) is 5.92 Å². The van der Waals surface area contributed by atoms with Gasteiger partial charge in [0, 0.05) is 39.5 Å². The molecule has 0 spiro atoms. The Morgan fingerprint density at radius 1 is 1.04 bits per heavy atom. The highest BCUT2D eigenvalue weighted by Crippen LogP contribution is 2.02. The smallest absolute Gasteiger partial charge is 0.223 e. The van der Waals surface area contributed by atoms with Crippen molar-refractivity contribution < 1.29 is 24.0 Å². The Labute approximate surface area is 168 Å². The second kappa shape index (κ2) is 18.2. The second-order valence-electron chi connectivity index (χ2n) is 6.60. The molecule has 0 bridgehead atoms. The normalized spacial score (nSPS) is 11.8. The van der Waals surface area contributed by atoms with E-state index in [2.05, 4.69) is 35.0 Å². The molecule has 9 heteroatoms. The van der Waals surface area contributed by atoms with E-state index in [9.17, 15) is 14.4 Å². The molecule has 0 aromatic rings. The van der Waals surface area contributed by atoms with E-state index < -0.39 is 0 Å². The molecular formula is C19H36N4O5. The quantitative estimate of drug-likeness (QED) is 0.147.